The normalized spacial score (nSPS) is 52.0. The van der Waals surface area contributed by atoms with E-state index in [4.69, 9.17) is 23.7 Å². The SMILES string of the molecule is CC1O[C@H](O[C@@H]2C(CO)O[C@H](O[C@@H]3C(CO)OC(O)[C@@H](O)C3O)C(O)[C@H]2O)C(O)[C@@H](O)[C@@H]1NC1C=C(CO)C(O)C(O)C1O. The van der Waals surface area contributed by atoms with Crippen LogP contribution in [0, 0.1) is 0 Å². The van der Waals surface area contributed by atoms with Crippen molar-refractivity contribution < 1.29 is 90.1 Å². The third-order valence-corrected chi connectivity index (χ3v) is 8.48. The molecule has 0 aromatic heterocycles. The van der Waals surface area contributed by atoms with Crippen LogP contribution in [-0.4, -0.2) is 203 Å². The average Bonchev–Trinajstić information content (AvgIpc) is 3.00. The van der Waals surface area contributed by atoms with Gasteiger partial charge in [0.15, 0.2) is 18.9 Å². The van der Waals surface area contributed by atoms with E-state index >= 15 is 0 Å². The Labute approximate surface area is 250 Å². The standard InChI is InChI=1S/C25H43NO18/c1-6-11(26-8-2-7(3-27)12(30)15(33)13(8)31)14(32)19(37)24(40-6)43-22-10(5-29)42-25(20(38)17(22)35)44-21-9(4-28)41-23(39)18(36)16(21)34/h2,6,8-39H,3-5H2,1H3/t6?,8?,9?,10?,11-,12?,13?,14+,15?,16?,17-,18+,19?,20?,21-,22-,23?,24-,25-/m1/s1. The van der Waals surface area contributed by atoms with Gasteiger partial charge in [0.25, 0.3) is 0 Å². The zero-order valence-electron chi connectivity index (χ0n) is 23.5. The maximum Gasteiger partial charge on any atom is 0.187 e. The number of rotatable bonds is 9. The Morgan fingerprint density at radius 1 is 0.636 bits per heavy atom. The molecule has 3 fully saturated rings. The Balaban J connectivity index is 1.42. The van der Waals surface area contributed by atoms with Crippen molar-refractivity contribution in [2.75, 3.05) is 19.8 Å². The molecule has 19 atom stereocenters. The van der Waals surface area contributed by atoms with Crippen molar-refractivity contribution >= 4 is 0 Å². The van der Waals surface area contributed by atoms with E-state index in [0.29, 0.717) is 0 Å². The van der Waals surface area contributed by atoms with Gasteiger partial charge in [-0.1, -0.05) is 6.08 Å². The number of ether oxygens (including phenoxy) is 5. The van der Waals surface area contributed by atoms with Crippen LogP contribution in [0.1, 0.15) is 6.92 Å². The summed E-state index contributed by atoms with van der Waals surface area (Å²) in [5.41, 5.74) is 0.0225. The van der Waals surface area contributed by atoms with E-state index in [2.05, 4.69) is 5.32 Å². The Bertz CT molecular complexity index is 958. The predicted octanol–water partition coefficient (Wildman–Crippen LogP) is -8.56. The minimum absolute atomic E-state index is 0.0225. The summed E-state index contributed by atoms with van der Waals surface area (Å²) in [7, 11) is 0. The molecule has 3 heterocycles. The van der Waals surface area contributed by atoms with Crippen LogP contribution in [0.15, 0.2) is 11.6 Å². The highest BCUT2D eigenvalue weighted by molar-refractivity contribution is 5.22. The van der Waals surface area contributed by atoms with E-state index in [1.54, 1.807) is 0 Å². The van der Waals surface area contributed by atoms with Crippen molar-refractivity contribution in [3.05, 3.63) is 11.6 Å². The highest BCUT2D eigenvalue weighted by Crippen LogP contribution is 2.32. The second kappa shape index (κ2) is 14.8. The summed E-state index contributed by atoms with van der Waals surface area (Å²) < 4.78 is 27.4. The fourth-order valence-corrected chi connectivity index (χ4v) is 5.81. The van der Waals surface area contributed by atoms with E-state index in [1.165, 1.54) is 13.0 Å². The summed E-state index contributed by atoms with van der Waals surface area (Å²) in [6.07, 6.45) is -26.6. The molecular weight excluding hydrogens is 602 g/mol. The van der Waals surface area contributed by atoms with Gasteiger partial charge < -0.3 is 95.4 Å². The van der Waals surface area contributed by atoms with E-state index in [9.17, 15) is 66.4 Å². The number of nitrogens with one attached hydrogen (secondary N) is 1. The Hall–Kier alpha value is -1.02. The number of hydrogen-bond donors (Lipinski definition) is 14. The summed E-state index contributed by atoms with van der Waals surface area (Å²) in [5, 5.41) is 136. The van der Waals surface area contributed by atoms with Crippen LogP contribution in [0.4, 0.5) is 0 Å². The van der Waals surface area contributed by atoms with Crippen LogP contribution >= 0.6 is 0 Å². The largest absolute Gasteiger partial charge is 0.394 e. The van der Waals surface area contributed by atoms with Crippen LogP contribution in [-0.2, 0) is 23.7 Å². The molecule has 3 aliphatic heterocycles. The molecule has 0 aromatic carbocycles. The molecule has 4 aliphatic rings. The Kier molecular flexibility index (Phi) is 12.1. The van der Waals surface area contributed by atoms with Gasteiger partial charge in [-0.2, -0.15) is 0 Å². The van der Waals surface area contributed by atoms with Crippen LogP contribution in [0.2, 0.25) is 0 Å². The number of hydrogen-bond acceptors (Lipinski definition) is 19. The molecule has 14 N–H and O–H groups in total. The molecule has 0 radical (unpaired) electrons. The van der Waals surface area contributed by atoms with E-state index < -0.39 is 136 Å². The molecule has 0 saturated carbocycles. The minimum atomic E-state index is -1.93. The fourth-order valence-electron chi connectivity index (χ4n) is 5.81. The molecule has 19 nitrogen and oxygen atoms in total. The zero-order chi connectivity index (χ0) is 32.6. The van der Waals surface area contributed by atoms with Gasteiger partial charge in [-0.15, -0.1) is 0 Å². The van der Waals surface area contributed by atoms with Crippen molar-refractivity contribution in [2.45, 2.75) is 123 Å². The lowest BCUT2D eigenvalue weighted by molar-refractivity contribution is -0.373. The third kappa shape index (κ3) is 6.96. The summed E-state index contributed by atoms with van der Waals surface area (Å²) in [6, 6.07) is -2.17. The van der Waals surface area contributed by atoms with Gasteiger partial charge in [0, 0.05) is 0 Å². The molecule has 0 aromatic rings. The zero-order valence-corrected chi connectivity index (χ0v) is 23.5. The van der Waals surface area contributed by atoms with Crippen molar-refractivity contribution in [2.24, 2.45) is 0 Å². The molecule has 19 heteroatoms. The quantitative estimate of drug-likeness (QED) is 0.103. The lowest BCUT2D eigenvalue weighted by Gasteiger charge is -2.48. The maximum absolute atomic E-state index is 10.9. The summed E-state index contributed by atoms with van der Waals surface area (Å²) in [4.78, 5) is 0. The third-order valence-electron chi connectivity index (χ3n) is 8.48. The first kappa shape index (κ1) is 35.8. The van der Waals surface area contributed by atoms with Crippen LogP contribution in [0.3, 0.4) is 0 Å². The van der Waals surface area contributed by atoms with Gasteiger partial charge in [0.1, 0.15) is 79.4 Å². The first-order valence-corrected chi connectivity index (χ1v) is 14.1. The molecule has 0 amide bonds. The number of aliphatic hydroxyl groups excluding tert-OH is 13. The first-order valence-electron chi connectivity index (χ1n) is 14.1. The number of aliphatic hydroxyl groups is 13. The molecule has 1 aliphatic carbocycles. The second-order valence-corrected chi connectivity index (χ2v) is 11.4. The second-order valence-electron chi connectivity index (χ2n) is 11.4. The molecule has 0 spiro atoms. The molecule has 44 heavy (non-hydrogen) atoms. The Morgan fingerprint density at radius 3 is 1.73 bits per heavy atom. The highest BCUT2D eigenvalue weighted by Gasteiger charge is 2.53. The molecule has 3 saturated heterocycles. The van der Waals surface area contributed by atoms with Gasteiger partial charge in [0.2, 0.25) is 0 Å². The van der Waals surface area contributed by atoms with Crippen LogP contribution in [0.5, 0.6) is 0 Å². The van der Waals surface area contributed by atoms with Crippen molar-refractivity contribution in [3.8, 4) is 0 Å². The van der Waals surface area contributed by atoms with Gasteiger partial charge in [-0.3, -0.25) is 0 Å². The molecular formula is C25H43NO18. The smallest absolute Gasteiger partial charge is 0.187 e. The van der Waals surface area contributed by atoms with Crippen molar-refractivity contribution in [1.29, 1.82) is 0 Å². The lowest BCUT2D eigenvalue weighted by Crippen LogP contribution is -2.68. The monoisotopic (exact) mass is 645 g/mol. The van der Waals surface area contributed by atoms with Gasteiger partial charge in [-0.05, 0) is 12.5 Å². The average molecular weight is 646 g/mol. The topological polar surface area (TPSA) is 321 Å². The predicted molar refractivity (Wildman–Crippen MR) is 138 cm³/mol. The van der Waals surface area contributed by atoms with Gasteiger partial charge in [-0.25, -0.2) is 0 Å². The molecule has 256 valence electrons. The van der Waals surface area contributed by atoms with Crippen molar-refractivity contribution in [1.82, 2.24) is 5.32 Å². The Morgan fingerprint density at radius 2 is 1.16 bits per heavy atom. The fraction of sp³-hybridized carbons (Fsp3) is 0.920. The van der Waals surface area contributed by atoms with Crippen LogP contribution < -0.4 is 5.32 Å². The highest BCUT2D eigenvalue weighted by atomic mass is 16.7. The molecule has 11 unspecified atom stereocenters. The first-order chi connectivity index (χ1) is 20.7. The summed E-state index contributed by atoms with van der Waals surface area (Å²) in [6.45, 7) is -0.753. The summed E-state index contributed by atoms with van der Waals surface area (Å²) in [5.74, 6) is 0. The van der Waals surface area contributed by atoms with Gasteiger partial charge >= 0.3 is 0 Å². The lowest BCUT2D eigenvalue weighted by atomic mass is 9.86. The maximum atomic E-state index is 10.9. The van der Waals surface area contributed by atoms with Crippen molar-refractivity contribution in [3.63, 3.8) is 0 Å². The van der Waals surface area contributed by atoms with Crippen LogP contribution in [0.25, 0.3) is 0 Å². The molecule has 0 bridgehead atoms. The van der Waals surface area contributed by atoms with E-state index in [-0.39, 0.29) is 5.57 Å². The minimum Gasteiger partial charge on any atom is -0.394 e. The molecule has 4 rings (SSSR count). The van der Waals surface area contributed by atoms with Gasteiger partial charge in [0.05, 0.1) is 38.0 Å². The summed E-state index contributed by atoms with van der Waals surface area (Å²) >= 11 is 0. The van der Waals surface area contributed by atoms with E-state index in [1.807, 2.05) is 0 Å². The van der Waals surface area contributed by atoms with E-state index in [0.717, 1.165) is 0 Å².